The molecule has 0 fully saturated rings. The van der Waals surface area contributed by atoms with Gasteiger partial charge in [0.2, 0.25) is 0 Å². The van der Waals surface area contributed by atoms with E-state index >= 15 is 0 Å². The summed E-state index contributed by atoms with van der Waals surface area (Å²) in [4.78, 5) is 0. The maximum Gasteiger partial charge on any atom is 0.280 e. The molecule has 0 aliphatic rings. The molecular formula is C14H16BrF2N3O. The second kappa shape index (κ2) is 7.63. The van der Waals surface area contributed by atoms with E-state index in [1.807, 2.05) is 6.07 Å². The summed E-state index contributed by atoms with van der Waals surface area (Å²) in [5.41, 5.74) is 1.00. The molecule has 1 aromatic carbocycles. The van der Waals surface area contributed by atoms with E-state index in [2.05, 4.69) is 26.3 Å². The summed E-state index contributed by atoms with van der Waals surface area (Å²) in [5.74, 6) is 0. The summed E-state index contributed by atoms with van der Waals surface area (Å²) in [5, 5.41) is 7.15. The lowest BCUT2D eigenvalue weighted by Gasteiger charge is -2.10. The molecule has 2 rings (SSSR count). The lowest BCUT2D eigenvalue weighted by molar-refractivity contribution is 0.141. The van der Waals surface area contributed by atoms with Gasteiger partial charge in [-0.1, -0.05) is 22.0 Å². The normalized spacial score (nSPS) is 11.3. The molecule has 0 aliphatic heterocycles. The Balaban J connectivity index is 2.24. The van der Waals surface area contributed by atoms with Crippen molar-refractivity contribution in [3.05, 3.63) is 46.2 Å². The first-order valence-electron chi connectivity index (χ1n) is 6.44. The van der Waals surface area contributed by atoms with Gasteiger partial charge in [0.1, 0.15) is 5.69 Å². The van der Waals surface area contributed by atoms with Crippen molar-refractivity contribution in [2.24, 2.45) is 0 Å². The number of aromatic nitrogens is 2. The van der Waals surface area contributed by atoms with Gasteiger partial charge in [-0.2, -0.15) is 5.10 Å². The number of hydrogen-bond acceptors (Lipinski definition) is 3. The number of ether oxygens (including phenoxy) is 1. The average Bonchev–Trinajstić information content (AvgIpc) is 2.87. The molecule has 1 aromatic heterocycles. The molecule has 0 saturated carbocycles. The Hall–Kier alpha value is -1.31. The van der Waals surface area contributed by atoms with Crippen molar-refractivity contribution in [3.8, 4) is 5.69 Å². The van der Waals surface area contributed by atoms with Crippen LogP contribution in [0.25, 0.3) is 5.69 Å². The molecular weight excluding hydrogens is 344 g/mol. The lowest BCUT2D eigenvalue weighted by Crippen LogP contribution is -2.19. The van der Waals surface area contributed by atoms with Crippen LogP contribution >= 0.6 is 15.9 Å². The molecule has 1 heterocycles. The second-order valence-corrected chi connectivity index (χ2v) is 5.33. The van der Waals surface area contributed by atoms with Crippen LogP contribution in [-0.2, 0) is 11.3 Å². The fourth-order valence-corrected chi connectivity index (χ4v) is 2.36. The topological polar surface area (TPSA) is 39.1 Å². The van der Waals surface area contributed by atoms with E-state index < -0.39 is 6.43 Å². The van der Waals surface area contributed by atoms with Gasteiger partial charge in [0.15, 0.2) is 0 Å². The van der Waals surface area contributed by atoms with E-state index in [0.717, 1.165) is 4.47 Å². The first-order valence-corrected chi connectivity index (χ1v) is 7.23. The lowest BCUT2D eigenvalue weighted by atomic mass is 10.2. The smallest absolute Gasteiger partial charge is 0.280 e. The van der Waals surface area contributed by atoms with E-state index in [1.165, 1.54) is 10.9 Å². The molecule has 7 heteroatoms. The van der Waals surface area contributed by atoms with Crippen molar-refractivity contribution >= 4 is 15.9 Å². The van der Waals surface area contributed by atoms with Crippen LogP contribution in [0.2, 0.25) is 0 Å². The van der Waals surface area contributed by atoms with Crippen molar-refractivity contribution < 1.29 is 13.5 Å². The molecule has 0 bridgehead atoms. The van der Waals surface area contributed by atoms with Crippen LogP contribution in [0.15, 0.2) is 34.9 Å². The van der Waals surface area contributed by atoms with Crippen molar-refractivity contribution in [1.82, 2.24) is 15.1 Å². The fourth-order valence-electron chi connectivity index (χ4n) is 1.97. The van der Waals surface area contributed by atoms with E-state index in [1.54, 1.807) is 25.3 Å². The highest BCUT2D eigenvalue weighted by Crippen LogP contribution is 2.26. The molecule has 1 N–H and O–H groups in total. The molecule has 4 nitrogen and oxygen atoms in total. The summed E-state index contributed by atoms with van der Waals surface area (Å²) in [6.07, 6.45) is -1.12. The average molecular weight is 360 g/mol. The van der Waals surface area contributed by atoms with Crippen LogP contribution in [0.5, 0.6) is 0 Å². The summed E-state index contributed by atoms with van der Waals surface area (Å²) in [7, 11) is 1.59. The van der Waals surface area contributed by atoms with Crippen molar-refractivity contribution in [2.75, 3.05) is 20.3 Å². The Kier molecular flexibility index (Phi) is 5.84. The SMILES string of the molecule is COCCNCc1cnn(-c2cccc(Br)c2)c1C(F)F. The number of nitrogens with zero attached hydrogens (tertiary/aromatic N) is 2. The molecule has 114 valence electrons. The van der Waals surface area contributed by atoms with Crippen molar-refractivity contribution in [1.29, 1.82) is 0 Å². The number of benzene rings is 1. The van der Waals surface area contributed by atoms with Crippen LogP contribution in [0.4, 0.5) is 8.78 Å². The third kappa shape index (κ3) is 4.09. The fraction of sp³-hybridized carbons (Fsp3) is 0.357. The Morgan fingerprint density at radius 1 is 1.43 bits per heavy atom. The number of hydrogen-bond donors (Lipinski definition) is 1. The van der Waals surface area contributed by atoms with Crippen LogP contribution in [0, 0.1) is 0 Å². The second-order valence-electron chi connectivity index (χ2n) is 4.42. The van der Waals surface area contributed by atoms with Crippen LogP contribution in [0.3, 0.4) is 0 Å². The Morgan fingerprint density at radius 3 is 2.90 bits per heavy atom. The zero-order chi connectivity index (χ0) is 15.2. The molecule has 0 amide bonds. The predicted molar refractivity (Wildman–Crippen MR) is 79.8 cm³/mol. The third-order valence-electron chi connectivity index (χ3n) is 2.94. The minimum absolute atomic E-state index is 0.0852. The van der Waals surface area contributed by atoms with E-state index in [9.17, 15) is 8.78 Å². The minimum Gasteiger partial charge on any atom is -0.383 e. The molecule has 0 spiro atoms. The van der Waals surface area contributed by atoms with Crippen LogP contribution in [-0.4, -0.2) is 30.0 Å². The number of nitrogens with one attached hydrogen (secondary N) is 1. The minimum atomic E-state index is -2.59. The zero-order valence-electron chi connectivity index (χ0n) is 11.5. The predicted octanol–water partition coefficient (Wildman–Crippen LogP) is 3.31. The van der Waals surface area contributed by atoms with Gasteiger partial charge in [-0.3, -0.25) is 0 Å². The summed E-state index contributed by atoms with van der Waals surface area (Å²) in [6.45, 7) is 1.46. The van der Waals surface area contributed by atoms with Gasteiger partial charge < -0.3 is 10.1 Å². The molecule has 0 atom stereocenters. The van der Waals surface area contributed by atoms with Gasteiger partial charge in [0.25, 0.3) is 6.43 Å². The van der Waals surface area contributed by atoms with Gasteiger partial charge in [-0.25, -0.2) is 13.5 Å². The highest BCUT2D eigenvalue weighted by molar-refractivity contribution is 9.10. The van der Waals surface area contributed by atoms with E-state index in [4.69, 9.17) is 4.74 Å². The van der Waals surface area contributed by atoms with Crippen molar-refractivity contribution in [3.63, 3.8) is 0 Å². The monoisotopic (exact) mass is 359 g/mol. The molecule has 21 heavy (non-hydrogen) atoms. The Morgan fingerprint density at radius 2 is 2.24 bits per heavy atom. The third-order valence-corrected chi connectivity index (χ3v) is 3.44. The Labute approximate surface area is 130 Å². The van der Waals surface area contributed by atoms with Gasteiger partial charge in [0, 0.05) is 30.2 Å². The maximum atomic E-state index is 13.4. The number of rotatable bonds is 7. The van der Waals surface area contributed by atoms with Gasteiger partial charge in [-0.15, -0.1) is 0 Å². The van der Waals surface area contributed by atoms with Gasteiger partial charge in [0.05, 0.1) is 18.5 Å². The van der Waals surface area contributed by atoms with E-state index in [-0.39, 0.29) is 5.69 Å². The Bertz CT molecular complexity index is 589. The molecule has 0 radical (unpaired) electrons. The van der Waals surface area contributed by atoms with Crippen LogP contribution < -0.4 is 5.32 Å². The zero-order valence-corrected chi connectivity index (χ0v) is 13.1. The van der Waals surface area contributed by atoms with Gasteiger partial charge >= 0.3 is 0 Å². The summed E-state index contributed by atoms with van der Waals surface area (Å²) in [6, 6.07) is 7.11. The van der Waals surface area contributed by atoms with Crippen molar-refractivity contribution in [2.45, 2.75) is 13.0 Å². The maximum absolute atomic E-state index is 13.4. The number of alkyl halides is 2. The molecule has 0 unspecified atom stereocenters. The highest BCUT2D eigenvalue weighted by atomic mass is 79.9. The summed E-state index contributed by atoms with van der Waals surface area (Å²) < 4.78 is 33.7. The highest BCUT2D eigenvalue weighted by Gasteiger charge is 2.20. The quantitative estimate of drug-likeness (QED) is 0.770. The molecule has 0 aliphatic carbocycles. The van der Waals surface area contributed by atoms with E-state index in [0.29, 0.717) is 30.9 Å². The molecule has 2 aromatic rings. The number of methoxy groups -OCH3 is 1. The van der Waals surface area contributed by atoms with Gasteiger partial charge in [-0.05, 0) is 18.2 Å². The summed E-state index contributed by atoms with van der Waals surface area (Å²) >= 11 is 3.33. The van der Waals surface area contributed by atoms with Crippen LogP contribution in [0.1, 0.15) is 17.7 Å². The largest absolute Gasteiger partial charge is 0.383 e. The standard InChI is InChI=1S/C14H16BrF2N3O/c1-21-6-5-18-8-10-9-19-20(13(10)14(16)17)12-4-2-3-11(15)7-12/h2-4,7,9,14,18H,5-6,8H2,1H3. The first-order chi connectivity index (χ1) is 10.1. The number of halogens is 3. The molecule has 0 saturated heterocycles. The first kappa shape index (κ1) is 16.1.